The van der Waals surface area contributed by atoms with Crippen molar-refractivity contribution < 1.29 is 37.8 Å². The third kappa shape index (κ3) is 8.24. The molecule has 2 aromatic carbocycles. The number of benzene rings is 2. The van der Waals surface area contributed by atoms with E-state index in [0.717, 1.165) is 6.07 Å². The van der Waals surface area contributed by atoms with E-state index in [1.54, 1.807) is 44.2 Å². The fourth-order valence-electron chi connectivity index (χ4n) is 5.76. The molecule has 0 saturated carbocycles. The fraction of sp³-hybridized carbons (Fsp3) is 0.306. The minimum Gasteiger partial charge on any atom is -0.481 e. The monoisotopic (exact) mass is 656 g/mol. The number of pyridine rings is 1. The predicted molar refractivity (Wildman–Crippen MR) is 176 cm³/mol. The Morgan fingerprint density at radius 2 is 1.77 bits per heavy atom. The summed E-state index contributed by atoms with van der Waals surface area (Å²) in [4.78, 5) is 42.9. The first-order valence-corrected chi connectivity index (χ1v) is 15.0. The molecule has 3 N–H and O–H groups in total. The minimum atomic E-state index is -0.977. The van der Waals surface area contributed by atoms with Crippen LogP contribution in [0.5, 0.6) is 5.75 Å². The fourth-order valence-corrected chi connectivity index (χ4v) is 5.76. The highest BCUT2D eigenvalue weighted by molar-refractivity contribution is 6.03. The smallest absolute Gasteiger partial charge is 0.303 e. The molecule has 0 fully saturated rings. The van der Waals surface area contributed by atoms with Crippen molar-refractivity contribution in [3.63, 3.8) is 0 Å². The summed E-state index contributed by atoms with van der Waals surface area (Å²) in [5, 5.41) is 25.5. The number of hydrogen-bond acceptors (Lipinski definition) is 8. The summed E-state index contributed by atoms with van der Waals surface area (Å²) < 4.78 is 30.1. The number of anilines is 1. The van der Waals surface area contributed by atoms with Crippen molar-refractivity contribution >= 4 is 23.6 Å². The number of carboxylic acid groups (broad SMARTS) is 1. The molecule has 0 aliphatic rings. The number of carbonyl (C=O) groups is 3. The highest BCUT2D eigenvalue weighted by Crippen LogP contribution is 2.38. The second-order valence-electron chi connectivity index (χ2n) is 12.9. The van der Waals surface area contributed by atoms with E-state index in [9.17, 15) is 29.1 Å². The molecule has 250 valence electrons. The van der Waals surface area contributed by atoms with Gasteiger partial charge in [0.25, 0.3) is 11.8 Å². The lowest BCUT2D eigenvalue weighted by Crippen LogP contribution is -2.53. The third-order valence-corrected chi connectivity index (χ3v) is 7.63. The van der Waals surface area contributed by atoms with Crippen molar-refractivity contribution in [3.8, 4) is 34.2 Å². The third-order valence-electron chi connectivity index (χ3n) is 7.63. The van der Waals surface area contributed by atoms with E-state index < -0.39 is 40.5 Å². The van der Waals surface area contributed by atoms with Gasteiger partial charge in [0.15, 0.2) is 18.4 Å². The second-order valence-corrected chi connectivity index (χ2v) is 12.9. The Kier molecular flexibility index (Phi) is 10.7. The van der Waals surface area contributed by atoms with Crippen molar-refractivity contribution in [2.24, 2.45) is 10.8 Å². The molecule has 4 aromatic rings. The molecule has 48 heavy (non-hydrogen) atoms. The lowest BCUT2D eigenvalue weighted by molar-refractivity contribution is -0.140. The van der Waals surface area contributed by atoms with Crippen LogP contribution in [-0.4, -0.2) is 47.8 Å². The maximum Gasteiger partial charge on any atom is 0.303 e. The molecule has 2 heterocycles. The average Bonchev–Trinajstić information content (AvgIpc) is 3.56. The number of furan rings is 1. The maximum absolute atomic E-state index is 14.3. The van der Waals surface area contributed by atoms with Gasteiger partial charge in [-0.2, -0.15) is 5.26 Å². The Balaban J connectivity index is 1.85. The molecule has 0 spiro atoms. The number of carbonyl (C=O) groups excluding carboxylic acids is 2. The largest absolute Gasteiger partial charge is 0.481 e. The molecule has 0 radical (unpaired) electrons. The Labute approximate surface area is 277 Å². The van der Waals surface area contributed by atoms with E-state index in [-0.39, 0.29) is 47.4 Å². The SMILES string of the molecule is COCOc1cc(F)ccc1-c1cc(-c2cccc(C(=O)NC(C(C)(C)C)C(C)(C)CC(=O)O)c2)c(C#N)c(NC(=O)c2ccco2)n1. The molecular formula is C36H37FN4O7. The summed E-state index contributed by atoms with van der Waals surface area (Å²) in [7, 11) is 1.42. The van der Waals surface area contributed by atoms with Crippen molar-refractivity contribution in [3.05, 3.63) is 89.6 Å². The number of nitriles is 1. The molecule has 0 aliphatic heterocycles. The van der Waals surface area contributed by atoms with Gasteiger partial charge in [-0.05, 0) is 58.9 Å². The molecule has 1 unspecified atom stereocenters. The molecule has 2 aromatic heterocycles. The Hall–Kier alpha value is -5.54. The van der Waals surface area contributed by atoms with Gasteiger partial charge in [0.05, 0.1) is 18.4 Å². The van der Waals surface area contributed by atoms with Gasteiger partial charge in [-0.3, -0.25) is 14.4 Å². The van der Waals surface area contributed by atoms with Gasteiger partial charge in [-0.1, -0.05) is 46.8 Å². The van der Waals surface area contributed by atoms with Crippen LogP contribution in [-0.2, 0) is 9.53 Å². The number of aromatic nitrogens is 1. The number of ether oxygens (including phenoxy) is 2. The number of halogens is 1. The Morgan fingerprint density at radius 3 is 2.40 bits per heavy atom. The number of nitrogens with zero attached hydrogens (tertiary/aromatic N) is 2. The number of aliphatic carboxylic acids is 1. The molecule has 0 bridgehead atoms. The molecule has 11 nitrogen and oxygen atoms in total. The second kappa shape index (κ2) is 14.5. The van der Waals surface area contributed by atoms with Crippen LogP contribution in [0.1, 0.15) is 67.5 Å². The van der Waals surface area contributed by atoms with Crippen LogP contribution in [0.4, 0.5) is 10.2 Å². The highest BCUT2D eigenvalue weighted by atomic mass is 19.1. The van der Waals surface area contributed by atoms with E-state index in [1.165, 1.54) is 37.6 Å². The van der Waals surface area contributed by atoms with E-state index in [2.05, 4.69) is 21.7 Å². The van der Waals surface area contributed by atoms with Crippen LogP contribution in [0.25, 0.3) is 22.4 Å². The lowest BCUT2D eigenvalue weighted by Gasteiger charge is -2.42. The van der Waals surface area contributed by atoms with E-state index in [1.807, 2.05) is 20.8 Å². The summed E-state index contributed by atoms with van der Waals surface area (Å²) in [5.41, 5.74) is 0.291. The van der Waals surface area contributed by atoms with Crippen LogP contribution in [0.15, 0.2) is 71.3 Å². The summed E-state index contributed by atoms with van der Waals surface area (Å²) in [6.45, 7) is 9.18. The van der Waals surface area contributed by atoms with Gasteiger partial charge >= 0.3 is 5.97 Å². The molecule has 0 saturated heterocycles. The van der Waals surface area contributed by atoms with Gasteiger partial charge in [0, 0.05) is 35.9 Å². The predicted octanol–water partition coefficient (Wildman–Crippen LogP) is 6.90. The topological polar surface area (TPSA) is 164 Å². The minimum absolute atomic E-state index is 0.00662. The standard InChI is InChI=1S/C36H37FN4O7/c1-35(2,3)34(36(4,5)18-30(42)43)41-32(44)22-10-7-9-21(15-22)25-17-27(24-13-12-23(37)16-29(24)48-20-46-6)39-31(26(25)19-38)40-33(45)28-11-8-14-47-28/h7-17,34H,18,20H2,1-6H3,(H,41,44)(H,42,43)(H,39,40,45). The molecule has 0 aliphatic carbocycles. The first kappa shape index (κ1) is 35.3. The van der Waals surface area contributed by atoms with E-state index in [0.29, 0.717) is 16.7 Å². The van der Waals surface area contributed by atoms with Gasteiger partial charge in [0.2, 0.25) is 0 Å². The van der Waals surface area contributed by atoms with Crippen LogP contribution >= 0.6 is 0 Å². The van der Waals surface area contributed by atoms with Gasteiger partial charge < -0.3 is 29.6 Å². The van der Waals surface area contributed by atoms with Crippen molar-refractivity contribution in [2.75, 3.05) is 19.2 Å². The number of carboxylic acids is 1. The summed E-state index contributed by atoms with van der Waals surface area (Å²) in [6.07, 6.45) is 1.17. The number of methoxy groups -OCH3 is 1. The molecular weight excluding hydrogens is 619 g/mol. The summed E-state index contributed by atoms with van der Waals surface area (Å²) in [5.74, 6) is -2.66. The number of nitrogens with one attached hydrogen (secondary N) is 2. The maximum atomic E-state index is 14.3. The summed E-state index contributed by atoms with van der Waals surface area (Å²) in [6, 6.07) is 16.5. The van der Waals surface area contributed by atoms with E-state index in [4.69, 9.17) is 13.9 Å². The lowest BCUT2D eigenvalue weighted by atomic mass is 9.69. The van der Waals surface area contributed by atoms with E-state index >= 15 is 0 Å². The first-order chi connectivity index (χ1) is 22.6. The zero-order valence-corrected chi connectivity index (χ0v) is 27.5. The highest BCUT2D eigenvalue weighted by Gasteiger charge is 2.40. The number of rotatable bonds is 12. The molecule has 12 heteroatoms. The van der Waals surface area contributed by atoms with Crippen LogP contribution in [0, 0.1) is 28.0 Å². The Morgan fingerprint density at radius 1 is 1.02 bits per heavy atom. The average molecular weight is 657 g/mol. The van der Waals surface area contributed by atoms with Crippen LogP contribution in [0.3, 0.4) is 0 Å². The number of amides is 2. The zero-order chi connectivity index (χ0) is 35.2. The zero-order valence-electron chi connectivity index (χ0n) is 27.5. The van der Waals surface area contributed by atoms with Crippen LogP contribution in [0.2, 0.25) is 0 Å². The number of hydrogen-bond donors (Lipinski definition) is 3. The quantitative estimate of drug-likeness (QED) is 0.138. The first-order valence-electron chi connectivity index (χ1n) is 15.0. The summed E-state index contributed by atoms with van der Waals surface area (Å²) >= 11 is 0. The molecule has 1 atom stereocenters. The van der Waals surface area contributed by atoms with Crippen molar-refractivity contribution in [1.82, 2.24) is 10.3 Å². The normalized spacial score (nSPS) is 12.1. The van der Waals surface area contributed by atoms with Gasteiger partial charge in [-0.15, -0.1) is 0 Å². The Bertz CT molecular complexity index is 1860. The van der Waals surface area contributed by atoms with Crippen molar-refractivity contribution in [2.45, 2.75) is 47.1 Å². The van der Waals surface area contributed by atoms with Crippen LogP contribution < -0.4 is 15.4 Å². The van der Waals surface area contributed by atoms with Gasteiger partial charge in [-0.25, -0.2) is 9.37 Å². The van der Waals surface area contributed by atoms with Crippen molar-refractivity contribution in [1.29, 1.82) is 5.26 Å². The van der Waals surface area contributed by atoms with Gasteiger partial charge in [0.1, 0.15) is 23.2 Å². The molecule has 2 amide bonds. The molecule has 4 rings (SSSR count).